The second-order valence-corrected chi connectivity index (χ2v) is 11.4. The smallest absolute Gasteiger partial charge is 0.315 e. The van der Waals surface area contributed by atoms with Gasteiger partial charge in [-0.3, -0.25) is 9.59 Å². The molecular weight excluding hydrogens is 524 g/mol. The molecule has 208 valence electrons. The molecule has 0 aliphatic heterocycles. The Labute approximate surface area is 234 Å². The Balaban J connectivity index is 1.89. The maximum absolute atomic E-state index is 11.8. The first kappa shape index (κ1) is 30.2. The predicted molar refractivity (Wildman–Crippen MR) is 152 cm³/mol. The molecule has 2 atom stereocenters. The van der Waals surface area contributed by atoms with E-state index in [1.807, 2.05) is 36.4 Å². The molecule has 0 spiro atoms. The fourth-order valence-corrected chi connectivity index (χ4v) is 6.77. The lowest BCUT2D eigenvalue weighted by Crippen LogP contribution is -2.22. The molecule has 0 amide bonds. The highest BCUT2D eigenvalue weighted by Crippen LogP contribution is 2.46. The SMILES string of the molecule is COC(=O)CCSC(c1cccc(C2CCCC2)c1OCc1ccc(OC)cc1)C(O)CSCC(=O)OC. The van der Waals surface area contributed by atoms with Crippen LogP contribution in [0.15, 0.2) is 42.5 Å². The first-order valence-corrected chi connectivity index (χ1v) is 15.1. The molecule has 1 fully saturated rings. The third-order valence-corrected chi connectivity index (χ3v) is 9.02. The zero-order valence-electron chi connectivity index (χ0n) is 22.4. The van der Waals surface area contributed by atoms with Gasteiger partial charge >= 0.3 is 11.9 Å². The van der Waals surface area contributed by atoms with Gasteiger partial charge in [0.05, 0.1) is 44.9 Å². The number of carbonyl (C=O) groups is 2. The van der Waals surface area contributed by atoms with Crippen LogP contribution in [-0.4, -0.2) is 61.7 Å². The maximum atomic E-state index is 11.8. The number of benzene rings is 2. The van der Waals surface area contributed by atoms with Crippen molar-refractivity contribution in [2.75, 3.05) is 38.6 Å². The summed E-state index contributed by atoms with van der Waals surface area (Å²) in [5.41, 5.74) is 3.09. The number of rotatable bonds is 15. The van der Waals surface area contributed by atoms with E-state index in [0.29, 0.717) is 24.0 Å². The highest BCUT2D eigenvalue weighted by atomic mass is 32.2. The van der Waals surface area contributed by atoms with Crippen LogP contribution in [0.4, 0.5) is 0 Å². The highest BCUT2D eigenvalue weighted by molar-refractivity contribution is 8.00. The summed E-state index contributed by atoms with van der Waals surface area (Å²) >= 11 is 2.83. The Kier molecular flexibility index (Phi) is 12.6. The summed E-state index contributed by atoms with van der Waals surface area (Å²) in [6.07, 6.45) is 4.08. The predicted octanol–water partition coefficient (Wildman–Crippen LogP) is 5.54. The minimum atomic E-state index is -0.769. The van der Waals surface area contributed by atoms with Crippen LogP contribution in [0.1, 0.15) is 60.0 Å². The normalized spacial score (nSPS) is 15.1. The van der Waals surface area contributed by atoms with E-state index in [1.165, 1.54) is 56.1 Å². The third-order valence-electron chi connectivity index (χ3n) is 6.64. The number of aliphatic hydroxyl groups is 1. The summed E-state index contributed by atoms with van der Waals surface area (Å²) in [5.74, 6) is 2.38. The van der Waals surface area contributed by atoms with Crippen molar-refractivity contribution in [3.63, 3.8) is 0 Å². The van der Waals surface area contributed by atoms with Gasteiger partial charge in [0.2, 0.25) is 0 Å². The van der Waals surface area contributed by atoms with E-state index >= 15 is 0 Å². The molecule has 3 rings (SSSR count). The Hall–Kier alpha value is -2.36. The molecule has 2 unspecified atom stereocenters. The van der Waals surface area contributed by atoms with Crippen LogP contribution in [0.25, 0.3) is 0 Å². The largest absolute Gasteiger partial charge is 0.497 e. The zero-order valence-corrected chi connectivity index (χ0v) is 24.0. The molecule has 1 N–H and O–H groups in total. The number of para-hydroxylation sites is 1. The van der Waals surface area contributed by atoms with Crippen LogP contribution in [0, 0.1) is 0 Å². The molecular formula is C29H38O7S2. The van der Waals surface area contributed by atoms with Crippen molar-refractivity contribution in [3.8, 4) is 11.5 Å². The van der Waals surface area contributed by atoms with Crippen molar-refractivity contribution < 1.29 is 33.6 Å². The lowest BCUT2D eigenvalue weighted by Gasteiger charge is -2.27. The average molecular weight is 563 g/mol. The molecule has 0 radical (unpaired) electrons. The number of hydrogen-bond donors (Lipinski definition) is 1. The lowest BCUT2D eigenvalue weighted by molar-refractivity contribution is -0.140. The fraction of sp³-hybridized carbons (Fsp3) is 0.517. The Morgan fingerprint density at radius 1 is 1.00 bits per heavy atom. The average Bonchev–Trinajstić information content (AvgIpc) is 3.49. The quantitative estimate of drug-likeness (QED) is 0.281. The van der Waals surface area contributed by atoms with E-state index in [4.69, 9.17) is 18.9 Å². The maximum Gasteiger partial charge on any atom is 0.315 e. The van der Waals surface area contributed by atoms with Crippen LogP contribution >= 0.6 is 23.5 Å². The monoisotopic (exact) mass is 562 g/mol. The zero-order chi connectivity index (χ0) is 27.3. The van der Waals surface area contributed by atoms with E-state index < -0.39 is 6.10 Å². The number of aliphatic hydroxyl groups excluding tert-OH is 1. The van der Waals surface area contributed by atoms with Crippen LogP contribution in [0.3, 0.4) is 0 Å². The molecule has 0 saturated heterocycles. The number of hydrogen-bond acceptors (Lipinski definition) is 9. The van der Waals surface area contributed by atoms with Gasteiger partial charge in [0.25, 0.3) is 0 Å². The molecule has 1 aliphatic rings. The molecule has 2 aromatic carbocycles. The van der Waals surface area contributed by atoms with E-state index in [2.05, 4.69) is 6.07 Å². The summed E-state index contributed by atoms with van der Waals surface area (Å²) < 4.78 is 21.4. The molecule has 1 saturated carbocycles. The van der Waals surface area contributed by atoms with E-state index in [-0.39, 0.29) is 29.4 Å². The van der Waals surface area contributed by atoms with Gasteiger partial charge in [-0.15, -0.1) is 11.8 Å². The van der Waals surface area contributed by atoms with Gasteiger partial charge in [0.15, 0.2) is 0 Å². The Morgan fingerprint density at radius 3 is 2.37 bits per heavy atom. The topological polar surface area (TPSA) is 91.3 Å². The Bertz CT molecular complexity index is 1020. The van der Waals surface area contributed by atoms with Crippen molar-refractivity contribution in [2.45, 2.75) is 56.0 Å². The number of thioether (sulfide) groups is 2. The van der Waals surface area contributed by atoms with Crippen molar-refractivity contribution >= 4 is 35.5 Å². The third kappa shape index (κ3) is 8.85. The number of esters is 2. The molecule has 0 aromatic heterocycles. The summed E-state index contributed by atoms with van der Waals surface area (Å²) in [7, 11) is 4.37. The summed E-state index contributed by atoms with van der Waals surface area (Å²) in [4.78, 5) is 23.4. The Morgan fingerprint density at radius 2 is 1.71 bits per heavy atom. The summed E-state index contributed by atoms with van der Waals surface area (Å²) in [6, 6.07) is 14.0. The van der Waals surface area contributed by atoms with Gasteiger partial charge < -0.3 is 24.1 Å². The fourth-order valence-electron chi connectivity index (χ4n) is 4.59. The minimum absolute atomic E-state index is 0.163. The lowest BCUT2D eigenvalue weighted by atomic mass is 9.93. The van der Waals surface area contributed by atoms with E-state index in [1.54, 1.807) is 7.11 Å². The van der Waals surface area contributed by atoms with Crippen molar-refractivity contribution in [3.05, 3.63) is 59.2 Å². The van der Waals surface area contributed by atoms with Crippen LogP contribution in [0.5, 0.6) is 11.5 Å². The van der Waals surface area contributed by atoms with Crippen LogP contribution < -0.4 is 9.47 Å². The second-order valence-electron chi connectivity index (χ2n) is 9.16. The first-order chi connectivity index (χ1) is 18.5. The van der Waals surface area contributed by atoms with Gasteiger partial charge in [-0.2, -0.15) is 11.8 Å². The number of carbonyl (C=O) groups excluding carboxylic acids is 2. The highest BCUT2D eigenvalue weighted by Gasteiger charge is 2.29. The molecule has 9 heteroatoms. The van der Waals surface area contributed by atoms with Crippen LogP contribution in [0.2, 0.25) is 0 Å². The van der Waals surface area contributed by atoms with Crippen molar-refractivity contribution in [1.29, 1.82) is 0 Å². The molecule has 2 aromatic rings. The standard InChI is InChI=1S/C29H38O7S2/c1-33-22-13-11-20(12-14-22)17-36-28-23(21-7-4-5-8-21)9-6-10-24(28)29(38-16-15-26(31)34-2)25(30)18-37-19-27(32)35-3/h6,9-14,21,25,29-30H,4-5,7-8,15-19H2,1-3H3. The van der Waals surface area contributed by atoms with Gasteiger partial charge in [0.1, 0.15) is 18.1 Å². The van der Waals surface area contributed by atoms with Crippen molar-refractivity contribution in [2.24, 2.45) is 0 Å². The molecule has 7 nitrogen and oxygen atoms in total. The summed E-state index contributed by atoms with van der Waals surface area (Å²) in [6.45, 7) is 0.382. The van der Waals surface area contributed by atoms with Crippen LogP contribution in [-0.2, 0) is 25.7 Å². The molecule has 1 aliphatic carbocycles. The first-order valence-electron chi connectivity index (χ1n) is 12.9. The van der Waals surface area contributed by atoms with Gasteiger partial charge in [0, 0.05) is 17.1 Å². The molecule has 0 heterocycles. The number of ether oxygens (including phenoxy) is 4. The van der Waals surface area contributed by atoms with Gasteiger partial charge in [-0.1, -0.05) is 43.2 Å². The second kappa shape index (κ2) is 15.9. The van der Waals surface area contributed by atoms with Gasteiger partial charge in [-0.25, -0.2) is 0 Å². The van der Waals surface area contributed by atoms with Crippen molar-refractivity contribution in [1.82, 2.24) is 0 Å². The van der Waals surface area contributed by atoms with E-state index in [0.717, 1.165) is 35.5 Å². The van der Waals surface area contributed by atoms with Gasteiger partial charge in [-0.05, 0) is 42.0 Å². The van der Waals surface area contributed by atoms with E-state index in [9.17, 15) is 14.7 Å². The minimum Gasteiger partial charge on any atom is -0.497 e. The number of methoxy groups -OCH3 is 3. The molecule has 38 heavy (non-hydrogen) atoms. The summed E-state index contributed by atoms with van der Waals surface area (Å²) in [5, 5.41) is 11.0. The molecule has 0 bridgehead atoms.